The molecule has 0 aromatic heterocycles. The van der Waals surface area contributed by atoms with Crippen molar-refractivity contribution >= 4 is 19.4 Å². The lowest BCUT2D eigenvalue weighted by atomic mass is 9.98. The first-order valence-electron chi connectivity index (χ1n) is 3.63. The molecule has 0 atom stereocenters. The Labute approximate surface area is 75.0 Å². The summed E-state index contributed by atoms with van der Waals surface area (Å²) in [7, 11) is 5.41. The van der Waals surface area contributed by atoms with E-state index in [-0.39, 0.29) is 0 Å². The average Bonchev–Trinajstić information content (AvgIpc) is 1.86. The van der Waals surface area contributed by atoms with Gasteiger partial charge in [0.15, 0.2) is 0 Å². The van der Waals surface area contributed by atoms with Crippen LogP contribution in [0.4, 0.5) is 0 Å². The molecule has 0 fully saturated rings. The fraction of sp³-hybridized carbons (Fsp3) is 0.333. The first kappa shape index (κ1) is 10.6. The molecular weight excluding hydrogens is 154 g/mol. The Balaban J connectivity index is 4.01. The molecule has 0 nitrogen and oxygen atoms in total. The van der Waals surface area contributed by atoms with Crippen LogP contribution in [0, 0.1) is 0 Å². The molecule has 2 heteroatoms. The lowest BCUT2D eigenvalue weighted by Crippen LogP contribution is -1.71. The zero-order valence-electron chi connectivity index (χ0n) is 6.97. The molecule has 0 aromatic rings. The highest BCUT2D eigenvalue weighted by molar-refractivity contribution is 6.32. The third-order valence-electron chi connectivity index (χ3n) is 0.993. The minimum atomic E-state index is 0.662. The van der Waals surface area contributed by atoms with E-state index in [1.54, 1.807) is 13.0 Å². The van der Waals surface area contributed by atoms with E-state index >= 15 is 0 Å². The van der Waals surface area contributed by atoms with Gasteiger partial charge >= 0.3 is 0 Å². The van der Waals surface area contributed by atoms with Crippen molar-refractivity contribution in [3.05, 3.63) is 34.8 Å². The maximum absolute atomic E-state index is 5.77. The number of halogens is 1. The first-order chi connectivity index (χ1) is 5.16. The SMILES string of the molecule is [B]/C(C)=C/C(Cl)=C\C=C\CC. The van der Waals surface area contributed by atoms with E-state index in [0.717, 1.165) is 11.9 Å². The minimum Gasteiger partial charge on any atom is -0.119 e. The average molecular weight is 166 g/mol. The molecule has 2 radical (unpaired) electrons. The van der Waals surface area contributed by atoms with E-state index in [2.05, 4.69) is 6.92 Å². The number of hydrogen-bond donors (Lipinski definition) is 0. The van der Waals surface area contributed by atoms with Crippen LogP contribution in [0.3, 0.4) is 0 Å². The van der Waals surface area contributed by atoms with Gasteiger partial charge in [0.25, 0.3) is 0 Å². The summed E-state index contributed by atoms with van der Waals surface area (Å²) in [5.74, 6) is 0. The molecule has 0 spiro atoms. The third kappa shape index (κ3) is 7.47. The van der Waals surface area contributed by atoms with Gasteiger partial charge in [0.1, 0.15) is 7.85 Å². The smallest absolute Gasteiger partial charge is 0.107 e. The van der Waals surface area contributed by atoms with Crippen molar-refractivity contribution in [2.24, 2.45) is 0 Å². The second-order valence-corrected chi connectivity index (χ2v) is 2.71. The molecule has 58 valence electrons. The molecule has 0 bridgehead atoms. The van der Waals surface area contributed by atoms with Gasteiger partial charge in [-0.15, -0.1) is 5.47 Å². The molecule has 11 heavy (non-hydrogen) atoms. The van der Waals surface area contributed by atoms with Crippen LogP contribution >= 0.6 is 11.6 Å². The Morgan fingerprint density at radius 3 is 2.64 bits per heavy atom. The number of hydrogen-bond acceptors (Lipinski definition) is 0. The van der Waals surface area contributed by atoms with E-state index in [0.29, 0.717) is 5.03 Å². The summed E-state index contributed by atoms with van der Waals surface area (Å²) in [4.78, 5) is 0. The molecule has 0 aromatic carbocycles. The fourth-order valence-corrected chi connectivity index (χ4v) is 0.807. The van der Waals surface area contributed by atoms with Crippen molar-refractivity contribution < 1.29 is 0 Å². The lowest BCUT2D eigenvalue weighted by Gasteiger charge is -1.88. The van der Waals surface area contributed by atoms with E-state index in [9.17, 15) is 0 Å². The largest absolute Gasteiger partial charge is 0.119 e. The van der Waals surface area contributed by atoms with Gasteiger partial charge in [-0.05, 0) is 12.5 Å². The summed E-state index contributed by atoms with van der Waals surface area (Å²) in [6, 6.07) is 0. The molecule has 0 unspecified atom stereocenters. The predicted octanol–water partition coefficient (Wildman–Crippen LogP) is 3.15. The summed E-state index contributed by atoms with van der Waals surface area (Å²) in [6.45, 7) is 3.88. The van der Waals surface area contributed by atoms with Gasteiger partial charge < -0.3 is 0 Å². The Kier molecular flexibility index (Phi) is 6.05. The van der Waals surface area contributed by atoms with Gasteiger partial charge in [-0.25, -0.2) is 0 Å². The highest BCUT2D eigenvalue weighted by atomic mass is 35.5. The second kappa shape index (κ2) is 6.30. The van der Waals surface area contributed by atoms with Gasteiger partial charge in [0, 0.05) is 5.03 Å². The number of rotatable bonds is 3. The quantitative estimate of drug-likeness (QED) is 0.446. The molecule has 0 aliphatic carbocycles. The van der Waals surface area contributed by atoms with Crippen molar-refractivity contribution in [2.45, 2.75) is 20.3 Å². The Hall–Kier alpha value is -0.425. The van der Waals surface area contributed by atoms with E-state index in [1.807, 2.05) is 18.2 Å². The van der Waals surface area contributed by atoms with Crippen LogP contribution in [0.1, 0.15) is 20.3 Å². The monoisotopic (exact) mass is 166 g/mol. The van der Waals surface area contributed by atoms with Gasteiger partial charge in [-0.1, -0.05) is 43.7 Å². The molecule has 0 saturated heterocycles. The van der Waals surface area contributed by atoms with Crippen LogP contribution in [0.15, 0.2) is 34.8 Å². The molecule has 0 amide bonds. The van der Waals surface area contributed by atoms with Crippen molar-refractivity contribution in [3.8, 4) is 0 Å². The molecule has 0 aliphatic rings. The van der Waals surface area contributed by atoms with Gasteiger partial charge in [0.05, 0.1) is 0 Å². The topological polar surface area (TPSA) is 0 Å². The Morgan fingerprint density at radius 1 is 1.55 bits per heavy atom. The highest BCUT2D eigenvalue weighted by Gasteiger charge is 1.81. The molecular formula is C9H12BCl. The van der Waals surface area contributed by atoms with Crippen molar-refractivity contribution in [1.29, 1.82) is 0 Å². The normalized spacial score (nSPS) is 14.5. The van der Waals surface area contributed by atoms with Crippen LogP contribution in [-0.2, 0) is 0 Å². The van der Waals surface area contributed by atoms with Gasteiger partial charge in [0.2, 0.25) is 0 Å². The molecule has 0 aliphatic heterocycles. The van der Waals surface area contributed by atoms with Crippen molar-refractivity contribution in [3.63, 3.8) is 0 Å². The molecule has 0 saturated carbocycles. The first-order valence-corrected chi connectivity index (χ1v) is 4.00. The second-order valence-electron chi connectivity index (χ2n) is 2.28. The van der Waals surface area contributed by atoms with E-state index in [4.69, 9.17) is 19.4 Å². The fourth-order valence-electron chi connectivity index (χ4n) is 0.562. The van der Waals surface area contributed by atoms with E-state index < -0.39 is 0 Å². The minimum absolute atomic E-state index is 0.662. The van der Waals surface area contributed by atoms with Crippen molar-refractivity contribution in [2.75, 3.05) is 0 Å². The summed E-state index contributed by atoms with van der Waals surface area (Å²) in [5, 5.41) is 0.662. The lowest BCUT2D eigenvalue weighted by molar-refractivity contribution is 1.22. The summed E-state index contributed by atoms with van der Waals surface area (Å²) < 4.78 is 0. The van der Waals surface area contributed by atoms with Crippen LogP contribution in [-0.4, -0.2) is 7.85 Å². The summed E-state index contributed by atoms with van der Waals surface area (Å²) >= 11 is 5.77. The maximum atomic E-state index is 5.77. The zero-order valence-corrected chi connectivity index (χ0v) is 7.73. The number of allylic oxidation sites excluding steroid dienone is 6. The molecule has 0 rings (SSSR count). The van der Waals surface area contributed by atoms with Crippen LogP contribution in [0.25, 0.3) is 0 Å². The standard InChI is InChI=1S/C9H12BCl/c1-3-4-5-6-9(11)7-8(2)10/h4-7H,3H2,1-2H3/b5-4+,8-7+,9-6+. The predicted molar refractivity (Wildman–Crippen MR) is 52.9 cm³/mol. The summed E-state index contributed by atoms with van der Waals surface area (Å²) in [5.41, 5.74) is 0.719. The van der Waals surface area contributed by atoms with Crippen LogP contribution in [0.5, 0.6) is 0 Å². The molecule has 0 N–H and O–H groups in total. The van der Waals surface area contributed by atoms with Crippen LogP contribution in [0.2, 0.25) is 0 Å². The Bertz CT molecular complexity index is 186. The van der Waals surface area contributed by atoms with Gasteiger partial charge in [-0.2, -0.15) is 0 Å². The van der Waals surface area contributed by atoms with Crippen molar-refractivity contribution in [1.82, 2.24) is 0 Å². The summed E-state index contributed by atoms with van der Waals surface area (Å²) in [6.07, 6.45) is 8.51. The van der Waals surface area contributed by atoms with Crippen LogP contribution < -0.4 is 0 Å². The van der Waals surface area contributed by atoms with E-state index in [1.165, 1.54) is 0 Å². The maximum Gasteiger partial charge on any atom is 0.107 e. The Morgan fingerprint density at radius 2 is 2.18 bits per heavy atom. The third-order valence-corrected chi connectivity index (χ3v) is 1.23. The molecule has 0 heterocycles. The highest BCUT2D eigenvalue weighted by Crippen LogP contribution is 2.05. The zero-order chi connectivity index (χ0) is 8.69. The van der Waals surface area contributed by atoms with Gasteiger partial charge in [-0.3, -0.25) is 0 Å².